The van der Waals surface area contributed by atoms with Gasteiger partial charge in [-0.25, -0.2) is 9.97 Å². The van der Waals surface area contributed by atoms with E-state index in [1.54, 1.807) is 11.3 Å². The van der Waals surface area contributed by atoms with Gasteiger partial charge in [0.2, 0.25) is 0 Å². The van der Waals surface area contributed by atoms with Crippen LogP contribution in [0.15, 0.2) is 42.9 Å². The summed E-state index contributed by atoms with van der Waals surface area (Å²) in [5.74, 6) is 7.05. The predicted octanol–water partition coefficient (Wildman–Crippen LogP) is 4.62. The van der Waals surface area contributed by atoms with Crippen LogP contribution in [0, 0.1) is 17.8 Å². The Balaban J connectivity index is 1.48. The molecule has 5 rings (SSSR count). The summed E-state index contributed by atoms with van der Waals surface area (Å²) in [6, 6.07) is 8.55. The Labute approximate surface area is 155 Å². The molecule has 1 aliphatic heterocycles. The van der Waals surface area contributed by atoms with E-state index in [-0.39, 0.29) is 0 Å². The maximum Gasteiger partial charge on any atom is 0.167 e. The maximum atomic E-state index is 5.39. The molecule has 0 spiro atoms. The highest BCUT2D eigenvalue weighted by atomic mass is 32.1. The van der Waals surface area contributed by atoms with Gasteiger partial charge >= 0.3 is 0 Å². The van der Waals surface area contributed by atoms with Crippen LogP contribution in [-0.4, -0.2) is 28.2 Å². The maximum absolute atomic E-state index is 5.39. The zero-order valence-electron chi connectivity index (χ0n) is 14.2. The van der Waals surface area contributed by atoms with Gasteiger partial charge in [-0.15, -0.1) is 11.3 Å². The third kappa shape index (κ3) is 2.88. The van der Waals surface area contributed by atoms with Crippen molar-refractivity contribution < 1.29 is 4.74 Å². The first-order valence-corrected chi connectivity index (χ1v) is 9.60. The van der Waals surface area contributed by atoms with Crippen molar-refractivity contribution in [2.75, 3.05) is 13.2 Å². The van der Waals surface area contributed by atoms with Crippen molar-refractivity contribution in [1.82, 2.24) is 15.0 Å². The summed E-state index contributed by atoms with van der Waals surface area (Å²) in [6.07, 6.45) is 7.82. The van der Waals surface area contributed by atoms with E-state index in [1.807, 2.05) is 18.6 Å². The molecule has 0 radical (unpaired) electrons. The smallest absolute Gasteiger partial charge is 0.167 e. The number of nitrogens with zero attached hydrogens (tertiary/aromatic N) is 2. The average molecular weight is 359 g/mol. The number of rotatable bonds is 1. The van der Waals surface area contributed by atoms with Crippen LogP contribution < -0.4 is 0 Å². The number of pyridine rings is 1. The van der Waals surface area contributed by atoms with E-state index >= 15 is 0 Å². The zero-order valence-corrected chi connectivity index (χ0v) is 15.0. The fraction of sp³-hybridized carbons (Fsp3) is 0.238. The molecule has 1 N–H and O–H groups in total. The van der Waals surface area contributed by atoms with Crippen LogP contribution in [0.2, 0.25) is 0 Å². The third-order valence-corrected chi connectivity index (χ3v) is 5.76. The van der Waals surface area contributed by atoms with E-state index in [9.17, 15) is 0 Å². The van der Waals surface area contributed by atoms with Crippen molar-refractivity contribution in [2.45, 2.75) is 12.8 Å². The van der Waals surface area contributed by atoms with Gasteiger partial charge in [0.1, 0.15) is 5.65 Å². The number of aromatic nitrogens is 3. The van der Waals surface area contributed by atoms with Gasteiger partial charge in [-0.05, 0) is 41.8 Å². The Bertz CT molecular complexity index is 1140. The number of thiazole rings is 1. The van der Waals surface area contributed by atoms with Gasteiger partial charge in [0.05, 0.1) is 4.88 Å². The number of ether oxygens (including phenoxy) is 1. The molecule has 4 nitrogen and oxygen atoms in total. The topological polar surface area (TPSA) is 50.8 Å². The molecular weight excluding hydrogens is 342 g/mol. The zero-order chi connectivity index (χ0) is 17.3. The van der Waals surface area contributed by atoms with Gasteiger partial charge in [-0.2, -0.15) is 0 Å². The molecule has 128 valence electrons. The molecule has 1 saturated heterocycles. The van der Waals surface area contributed by atoms with E-state index in [0.717, 1.165) is 52.4 Å². The molecule has 1 fully saturated rings. The summed E-state index contributed by atoms with van der Waals surface area (Å²) in [5, 5.41) is 4.38. The molecule has 0 amide bonds. The second-order valence-electron chi connectivity index (χ2n) is 6.49. The highest BCUT2D eigenvalue weighted by Gasteiger charge is 2.11. The second kappa shape index (κ2) is 6.56. The van der Waals surface area contributed by atoms with Crippen LogP contribution in [0.5, 0.6) is 0 Å². The Morgan fingerprint density at radius 2 is 2.00 bits per heavy atom. The summed E-state index contributed by atoms with van der Waals surface area (Å²) in [6.45, 7) is 1.64. The lowest BCUT2D eigenvalue weighted by Crippen LogP contribution is -2.13. The minimum absolute atomic E-state index is 0.436. The van der Waals surface area contributed by atoms with Gasteiger partial charge in [-0.1, -0.05) is 18.1 Å². The van der Waals surface area contributed by atoms with Crippen LogP contribution in [0.3, 0.4) is 0 Å². The molecule has 4 aromatic rings. The summed E-state index contributed by atoms with van der Waals surface area (Å²) in [7, 11) is 0. The van der Waals surface area contributed by atoms with Crippen LogP contribution in [0.25, 0.3) is 32.2 Å². The van der Waals surface area contributed by atoms with Crippen molar-refractivity contribution in [3.8, 4) is 22.3 Å². The number of benzene rings is 1. The molecule has 0 unspecified atom stereocenters. The molecule has 0 saturated carbocycles. The lowest BCUT2D eigenvalue weighted by molar-refractivity contribution is 0.0807. The molecule has 1 aliphatic rings. The largest absolute Gasteiger partial charge is 0.381 e. The molecule has 26 heavy (non-hydrogen) atoms. The number of hydrogen-bond acceptors (Lipinski definition) is 4. The van der Waals surface area contributed by atoms with E-state index in [2.05, 4.69) is 51.1 Å². The molecular formula is C21H17N3OS. The minimum atomic E-state index is 0.436. The van der Waals surface area contributed by atoms with Gasteiger partial charge in [0, 0.05) is 48.5 Å². The molecule has 1 aromatic carbocycles. The van der Waals surface area contributed by atoms with E-state index in [0.29, 0.717) is 5.92 Å². The first-order chi connectivity index (χ1) is 12.9. The number of fused-ring (bicyclic) bond motifs is 3. The summed E-state index contributed by atoms with van der Waals surface area (Å²) < 4.78 is 5.39. The van der Waals surface area contributed by atoms with Crippen LogP contribution in [0.4, 0.5) is 0 Å². The van der Waals surface area contributed by atoms with Gasteiger partial charge in [0.25, 0.3) is 0 Å². The van der Waals surface area contributed by atoms with Crippen molar-refractivity contribution in [1.29, 1.82) is 0 Å². The van der Waals surface area contributed by atoms with Crippen LogP contribution in [0.1, 0.15) is 17.8 Å². The van der Waals surface area contributed by atoms with Gasteiger partial charge in [-0.3, -0.25) is 0 Å². The molecule has 0 atom stereocenters. The molecule has 0 aliphatic carbocycles. The second-order valence-corrected chi connectivity index (χ2v) is 7.52. The summed E-state index contributed by atoms with van der Waals surface area (Å²) >= 11 is 1.65. The van der Waals surface area contributed by atoms with Gasteiger partial charge in [0.15, 0.2) is 5.01 Å². The lowest BCUT2D eigenvalue weighted by atomic mass is 10.0. The van der Waals surface area contributed by atoms with Crippen molar-refractivity contribution in [3.05, 3.63) is 47.9 Å². The highest BCUT2D eigenvalue weighted by Crippen LogP contribution is 2.31. The number of aromatic amines is 1. The number of H-pyrrole nitrogens is 1. The summed E-state index contributed by atoms with van der Waals surface area (Å²) in [4.78, 5) is 13.3. The molecule has 3 aromatic heterocycles. The van der Waals surface area contributed by atoms with Crippen molar-refractivity contribution in [2.24, 2.45) is 5.92 Å². The lowest BCUT2D eigenvalue weighted by Gasteiger charge is -2.16. The third-order valence-electron chi connectivity index (χ3n) is 4.80. The predicted molar refractivity (Wildman–Crippen MR) is 105 cm³/mol. The van der Waals surface area contributed by atoms with Crippen molar-refractivity contribution in [3.63, 3.8) is 0 Å². The minimum Gasteiger partial charge on any atom is -0.381 e. The first-order valence-electron chi connectivity index (χ1n) is 8.78. The molecule has 0 bridgehead atoms. The quantitative estimate of drug-likeness (QED) is 0.505. The van der Waals surface area contributed by atoms with E-state index in [1.165, 1.54) is 10.9 Å². The van der Waals surface area contributed by atoms with E-state index in [4.69, 9.17) is 4.74 Å². The average Bonchev–Trinajstić information content (AvgIpc) is 3.36. The van der Waals surface area contributed by atoms with E-state index < -0.39 is 0 Å². The normalized spacial score (nSPS) is 15.2. The Morgan fingerprint density at radius 1 is 1.08 bits per heavy atom. The van der Waals surface area contributed by atoms with Crippen LogP contribution in [-0.2, 0) is 4.74 Å². The number of hydrogen-bond donors (Lipinski definition) is 1. The Hall–Kier alpha value is -2.68. The fourth-order valence-corrected chi connectivity index (χ4v) is 4.12. The van der Waals surface area contributed by atoms with Crippen LogP contribution >= 0.6 is 11.3 Å². The Morgan fingerprint density at radius 3 is 2.92 bits per heavy atom. The standard InChI is InChI=1S/C21H17N3OS/c1(14-6-9-25-10-7-14)4-20-23-13-19(26-20)15-2-3-16-12-24-21-17(5-8-22-21)18(16)11-15/h2-3,5,8,11-14H,6-7,9-10H2,(H,22,24). The van der Waals surface area contributed by atoms with Crippen molar-refractivity contribution >= 4 is 33.1 Å². The molecule has 5 heteroatoms. The Kier molecular flexibility index (Phi) is 3.93. The monoisotopic (exact) mass is 359 g/mol. The number of nitrogens with one attached hydrogen (secondary N) is 1. The fourth-order valence-electron chi connectivity index (χ4n) is 3.35. The molecule has 4 heterocycles. The highest BCUT2D eigenvalue weighted by molar-refractivity contribution is 7.15. The first kappa shape index (κ1) is 15.6. The SMILES string of the molecule is C(#CC1CCOCC1)c1ncc(-c2ccc3cnc4[nH]ccc4c3c2)s1. The summed E-state index contributed by atoms with van der Waals surface area (Å²) in [5.41, 5.74) is 2.09. The van der Waals surface area contributed by atoms with Gasteiger partial charge < -0.3 is 9.72 Å².